The Morgan fingerprint density at radius 3 is 2.50 bits per heavy atom. The Balaban J connectivity index is 2.06. The first-order valence-corrected chi connectivity index (χ1v) is 8.69. The van der Waals surface area contributed by atoms with Gasteiger partial charge < -0.3 is 9.88 Å². The van der Waals surface area contributed by atoms with Crippen LogP contribution in [0.15, 0.2) is 28.5 Å². The fraction of sp³-hybridized carbons (Fsp3) is 0.308. The first kappa shape index (κ1) is 14.8. The zero-order valence-electron chi connectivity index (χ0n) is 11.5. The maximum absolute atomic E-state index is 12.0. The molecule has 1 amide bonds. The molecule has 2 rings (SSSR count). The van der Waals surface area contributed by atoms with Gasteiger partial charge in [-0.15, -0.1) is 11.3 Å². The summed E-state index contributed by atoms with van der Waals surface area (Å²) in [5.74, 6) is -0.260. The van der Waals surface area contributed by atoms with Gasteiger partial charge in [0.25, 0.3) is 5.91 Å². The van der Waals surface area contributed by atoms with Gasteiger partial charge in [-0.3, -0.25) is 4.79 Å². The summed E-state index contributed by atoms with van der Waals surface area (Å²) in [5.41, 5.74) is 2.11. The van der Waals surface area contributed by atoms with Crippen molar-refractivity contribution in [3.8, 4) is 0 Å². The lowest BCUT2D eigenvalue weighted by Crippen LogP contribution is -2.23. The molecule has 2 heterocycles. The molecule has 2 aromatic heterocycles. The van der Waals surface area contributed by atoms with Crippen molar-refractivity contribution < 1.29 is 13.2 Å². The lowest BCUT2D eigenvalue weighted by Gasteiger charge is -2.06. The molecule has 0 radical (unpaired) electrons. The summed E-state index contributed by atoms with van der Waals surface area (Å²) < 4.78 is 24.9. The summed E-state index contributed by atoms with van der Waals surface area (Å²) >= 11 is 0.986. The highest BCUT2D eigenvalue weighted by Crippen LogP contribution is 2.21. The van der Waals surface area contributed by atoms with Crippen molar-refractivity contribution in [1.82, 2.24) is 9.88 Å². The number of sulfone groups is 1. The van der Waals surface area contributed by atoms with Crippen LogP contribution in [0.25, 0.3) is 0 Å². The first-order chi connectivity index (χ1) is 9.29. The van der Waals surface area contributed by atoms with Crippen LogP contribution in [0.1, 0.15) is 21.1 Å². The predicted molar refractivity (Wildman–Crippen MR) is 78.7 cm³/mol. The van der Waals surface area contributed by atoms with Gasteiger partial charge in [0.05, 0.1) is 11.4 Å². The molecular weight excluding hydrogens is 296 g/mol. The highest BCUT2D eigenvalue weighted by molar-refractivity contribution is 7.92. The normalized spacial score (nSPS) is 11.6. The number of rotatable bonds is 4. The van der Waals surface area contributed by atoms with Crippen LogP contribution >= 0.6 is 11.3 Å². The molecule has 0 saturated carbocycles. The van der Waals surface area contributed by atoms with E-state index in [0.717, 1.165) is 29.0 Å². The number of aromatic nitrogens is 1. The number of aryl methyl sites for hydroxylation is 1. The Hall–Kier alpha value is -1.60. The fourth-order valence-electron chi connectivity index (χ4n) is 1.74. The van der Waals surface area contributed by atoms with Gasteiger partial charge in [0.1, 0.15) is 4.21 Å². The minimum Gasteiger partial charge on any atom is -0.350 e. The van der Waals surface area contributed by atoms with E-state index in [4.69, 9.17) is 0 Å². The SMILES string of the molecule is Cc1ccc(CNC(=O)c2ccc(S(C)(=O)=O)s2)n1C. The molecule has 0 aromatic carbocycles. The highest BCUT2D eigenvalue weighted by Gasteiger charge is 2.15. The zero-order valence-corrected chi connectivity index (χ0v) is 13.1. The predicted octanol–water partition coefficient (Wildman–Crippen LogP) is 1.73. The molecule has 0 aliphatic carbocycles. The number of carbonyl (C=O) groups excluding carboxylic acids is 1. The maximum atomic E-state index is 12.0. The molecule has 0 saturated heterocycles. The molecule has 0 aliphatic heterocycles. The Morgan fingerprint density at radius 2 is 2.00 bits per heavy atom. The van der Waals surface area contributed by atoms with E-state index in [2.05, 4.69) is 5.32 Å². The van der Waals surface area contributed by atoms with E-state index in [1.54, 1.807) is 0 Å². The molecule has 2 aromatic rings. The molecule has 1 N–H and O–H groups in total. The second-order valence-electron chi connectivity index (χ2n) is 4.60. The summed E-state index contributed by atoms with van der Waals surface area (Å²) in [4.78, 5) is 12.4. The van der Waals surface area contributed by atoms with Gasteiger partial charge in [0.15, 0.2) is 9.84 Å². The Kier molecular flexibility index (Phi) is 4.01. The van der Waals surface area contributed by atoms with Gasteiger partial charge >= 0.3 is 0 Å². The average molecular weight is 312 g/mol. The molecule has 0 unspecified atom stereocenters. The van der Waals surface area contributed by atoms with E-state index in [-0.39, 0.29) is 10.1 Å². The molecule has 0 fully saturated rings. The number of amides is 1. The number of nitrogens with zero attached hydrogens (tertiary/aromatic N) is 1. The van der Waals surface area contributed by atoms with E-state index >= 15 is 0 Å². The van der Waals surface area contributed by atoms with Gasteiger partial charge in [-0.1, -0.05) is 0 Å². The molecular formula is C13H16N2O3S2. The number of carbonyl (C=O) groups is 1. The van der Waals surface area contributed by atoms with E-state index in [1.165, 1.54) is 12.1 Å². The number of thiophene rings is 1. The third kappa shape index (κ3) is 3.10. The van der Waals surface area contributed by atoms with Gasteiger partial charge in [0, 0.05) is 24.7 Å². The Morgan fingerprint density at radius 1 is 1.30 bits per heavy atom. The second kappa shape index (κ2) is 5.41. The van der Waals surface area contributed by atoms with Crippen molar-refractivity contribution in [2.75, 3.05) is 6.26 Å². The molecule has 20 heavy (non-hydrogen) atoms. The molecule has 7 heteroatoms. The van der Waals surface area contributed by atoms with Crippen LogP contribution in [-0.4, -0.2) is 25.1 Å². The van der Waals surface area contributed by atoms with E-state index in [0.29, 0.717) is 11.4 Å². The van der Waals surface area contributed by atoms with Crippen molar-refractivity contribution in [3.63, 3.8) is 0 Å². The van der Waals surface area contributed by atoms with E-state index in [9.17, 15) is 13.2 Å². The topological polar surface area (TPSA) is 68.2 Å². The van der Waals surface area contributed by atoms with Crippen LogP contribution in [0.2, 0.25) is 0 Å². The maximum Gasteiger partial charge on any atom is 0.261 e. The van der Waals surface area contributed by atoms with Gasteiger partial charge in [0.2, 0.25) is 0 Å². The summed E-state index contributed by atoms with van der Waals surface area (Å²) in [6, 6.07) is 6.93. The number of hydrogen-bond donors (Lipinski definition) is 1. The average Bonchev–Trinajstić information content (AvgIpc) is 2.96. The number of hydrogen-bond acceptors (Lipinski definition) is 4. The minimum absolute atomic E-state index is 0.206. The molecule has 0 bridgehead atoms. The van der Waals surface area contributed by atoms with Crippen molar-refractivity contribution in [2.24, 2.45) is 7.05 Å². The van der Waals surface area contributed by atoms with Crippen molar-refractivity contribution >= 4 is 27.1 Å². The standard InChI is InChI=1S/C13H16N2O3S2/c1-9-4-5-10(15(9)2)8-14-13(16)11-6-7-12(19-11)20(3,17)18/h4-7H,8H2,1-3H3,(H,14,16). The van der Waals surface area contributed by atoms with Crippen molar-refractivity contribution in [3.05, 3.63) is 40.5 Å². The van der Waals surface area contributed by atoms with Gasteiger partial charge in [-0.05, 0) is 31.2 Å². The quantitative estimate of drug-likeness (QED) is 0.935. The van der Waals surface area contributed by atoms with E-state index < -0.39 is 9.84 Å². The van der Waals surface area contributed by atoms with Crippen LogP contribution in [0.5, 0.6) is 0 Å². The van der Waals surface area contributed by atoms with Crippen LogP contribution in [0.3, 0.4) is 0 Å². The van der Waals surface area contributed by atoms with Crippen LogP contribution in [0.4, 0.5) is 0 Å². The summed E-state index contributed by atoms with van der Waals surface area (Å²) in [6.07, 6.45) is 1.13. The van der Waals surface area contributed by atoms with Crippen molar-refractivity contribution in [1.29, 1.82) is 0 Å². The molecule has 0 atom stereocenters. The Labute approximate surface area is 122 Å². The highest BCUT2D eigenvalue weighted by atomic mass is 32.2. The number of nitrogens with one attached hydrogen (secondary N) is 1. The van der Waals surface area contributed by atoms with Crippen LogP contribution in [-0.2, 0) is 23.4 Å². The monoisotopic (exact) mass is 312 g/mol. The zero-order chi connectivity index (χ0) is 14.9. The largest absolute Gasteiger partial charge is 0.350 e. The third-order valence-electron chi connectivity index (χ3n) is 3.08. The van der Waals surface area contributed by atoms with Gasteiger partial charge in [-0.25, -0.2) is 8.42 Å². The fourth-order valence-corrected chi connectivity index (χ4v) is 3.59. The van der Waals surface area contributed by atoms with Gasteiger partial charge in [-0.2, -0.15) is 0 Å². The molecule has 0 aliphatic rings. The second-order valence-corrected chi connectivity index (χ2v) is 7.92. The summed E-state index contributed by atoms with van der Waals surface area (Å²) in [5, 5.41) is 2.79. The van der Waals surface area contributed by atoms with Crippen LogP contribution < -0.4 is 5.32 Å². The minimum atomic E-state index is -3.25. The molecule has 5 nitrogen and oxygen atoms in total. The van der Waals surface area contributed by atoms with Crippen molar-refractivity contribution in [2.45, 2.75) is 17.7 Å². The first-order valence-electron chi connectivity index (χ1n) is 5.98. The molecule has 108 valence electrons. The third-order valence-corrected chi connectivity index (χ3v) is 5.98. The smallest absolute Gasteiger partial charge is 0.261 e. The summed E-state index contributed by atoms with van der Waals surface area (Å²) in [7, 11) is -1.32. The van der Waals surface area contributed by atoms with E-state index in [1.807, 2.05) is 30.7 Å². The van der Waals surface area contributed by atoms with Crippen LogP contribution in [0, 0.1) is 6.92 Å². The lowest BCUT2D eigenvalue weighted by molar-refractivity contribution is 0.0954. The molecule has 0 spiro atoms. The lowest BCUT2D eigenvalue weighted by atomic mass is 10.4. The summed E-state index contributed by atoms with van der Waals surface area (Å²) in [6.45, 7) is 2.40. The Bertz CT molecular complexity index is 742.